The summed E-state index contributed by atoms with van der Waals surface area (Å²) >= 11 is 4.85. The number of aliphatic hydroxyl groups is 1. The summed E-state index contributed by atoms with van der Waals surface area (Å²) in [6, 6.07) is 4.88. The molecule has 0 aromatic heterocycles. The van der Waals surface area contributed by atoms with Gasteiger partial charge in [0.2, 0.25) is 0 Å². The van der Waals surface area contributed by atoms with Gasteiger partial charge in [0.05, 0.1) is 11.3 Å². The number of β-amino-alcohol motifs (C(OH)–C–C–N with tert-alkyl or cyclic N) is 1. The highest BCUT2D eigenvalue weighted by Gasteiger charge is 2.24. The van der Waals surface area contributed by atoms with E-state index in [1.165, 1.54) is 6.07 Å². The Hall–Kier alpha value is -1.24. The lowest BCUT2D eigenvalue weighted by Crippen LogP contribution is -2.50. The van der Waals surface area contributed by atoms with Gasteiger partial charge in [0, 0.05) is 38.3 Å². The van der Waals surface area contributed by atoms with Gasteiger partial charge in [0.25, 0.3) is 0 Å². The van der Waals surface area contributed by atoms with Crippen molar-refractivity contribution in [2.45, 2.75) is 19.4 Å². The molecule has 1 aliphatic rings. The number of nitrogens with two attached hydrogens (primary N) is 1. The van der Waals surface area contributed by atoms with E-state index in [4.69, 9.17) is 18.0 Å². The lowest BCUT2D eigenvalue weighted by molar-refractivity contribution is 0.0344. The van der Waals surface area contributed by atoms with Crippen molar-refractivity contribution in [1.82, 2.24) is 4.90 Å². The molecule has 6 heteroatoms. The van der Waals surface area contributed by atoms with Crippen LogP contribution in [0.25, 0.3) is 0 Å². The lowest BCUT2D eigenvalue weighted by Gasteiger charge is -2.38. The molecule has 0 amide bonds. The number of hydrogen-bond acceptors (Lipinski definition) is 4. The van der Waals surface area contributed by atoms with Crippen LogP contribution in [-0.4, -0.2) is 53.3 Å². The molecule has 3 N–H and O–H groups in total. The lowest BCUT2D eigenvalue weighted by atomic mass is 10.1. The fraction of sp³-hybridized carbons (Fsp3) is 0.533. The molecule has 1 saturated heterocycles. The van der Waals surface area contributed by atoms with E-state index >= 15 is 0 Å². The molecule has 1 heterocycles. The standard InChI is InChI=1S/C15H22FN3OS/c1-15(2,20)10-18-5-7-19(8-6-18)13-4-3-11(14(17)21)9-12(13)16/h3-4,9,20H,5-8,10H2,1-2H3,(H2,17,21). The third-order valence-electron chi connectivity index (χ3n) is 3.56. The van der Waals surface area contributed by atoms with Crippen molar-refractivity contribution in [2.75, 3.05) is 37.6 Å². The van der Waals surface area contributed by atoms with E-state index < -0.39 is 5.60 Å². The summed E-state index contributed by atoms with van der Waals surface area (Å²) in [7, 11) is 0. The van der Waals surface area contributed by atoms with E-state index in [-0.39, 0.29) is 10.8 Å². The first-order valence-corrected chi connectivity index (χ1v) is 7.46. The first-order chi connectivity index (χ1) is 9.76. The SMILES string of the molecule is CC(C)(O)CN1CCN(c2ccc(C(N)=S)cc2F)CC1. The third kappa shape index (κ3) is 4.36. The first-order valence-electron chi connectivity index (χ1n) is 7.05. The molecule has 21 heavy (non-hydrogen) atoms. The normalized spacial score (nSPS) is 17.0. The molecule has 1 aromatic rings. The Kier molecular flexibility index (Phi) is 4.81. The molecule has 1 aliphatic heterocycles. The molecule has 116 valence electrons. The van der Waals surface area contributed by atoms with E-state index in [0.29, 0.717) is 17.8 Å². The number of halogens is 1. The van der Waals surface area contributed by atoms with E-state index in [9.17, 15) is 9.50 Å². The first kappa shape index (κ1) is 16.1. The van der Waals surface area contributed by atoms with Crippen LogP contribution in [0.4, 0.5) is 10.1 Å². The van der Waals surface area contributed by atoms with Gasteiger partial charge in [-0.2, -0.15) is 0 Å². The van der Waals surface area contributed by atoms with Crippen molar-refractivity contribution in [2.24, 2.45) is 5.73 Å². The molecule has 0 radical (unpaired) electrons. The zero-order chi connectivity index (χ0) is 15.6. The summed E-state index contributed by atoms with van der Waals surface area (Å²) in [6.45, 7) is 7.31. The van der Waals surface area contributed by atoms with Gasteiger partial charge in [-0.3, -0.25) is 4.90 Å². The second-order valence-electron chi connectivity index (χ2n) is 6.11. The summed E-state index contributed by atoms with van der Waals surface area (Å²) in [5.74, 6) is -0.295. The minimum atomic E-state index is -0.702. The average Bonchev–Trinajstić information content (AvgIpc) is 2.38. The summed E-state index contributed by atoms with van der Waals surface area (Å²) < 4.78 is 14.2. The third-order valence-corrected chi connectivity index (χ3v) is 3.79. The Bertz CT molecular complexity index is 522. The van der Waals surface area contributed by atoms with Crippen LogP contribution < -0.4 is 10.6 Å². The topological polar surface area (TPSA) is 52.7 Å². The van der Waals surface area contributed by atoms with Gasteiger partial charge in [-0.05, 0) is 32.0 Å². The number of anilines is 1. The van der Waals surface area contributed by atoms with E-state index in [0.717, 1.165) is 26.2 Å². The van der Waals surface area contributed by atoms with Gasteiger partial charge < -0.3 is 15.7 Å². The number of benzene rings is 1. The highest BCUT2D eigenvalue weighted by Crippen LogP contribution is 2.22. The molecule has 0 bridgehead atoms. The molecular weight excluding hydrogens is 289 g/mol. The monoisotopic (exact) mass is 311 g/mol. The van der Waals surface area contributed by atoms with Gasteiger partial charge in [0.1, 0.15) is 10.8 Å². The average molecular weight is 311 g/mol. The molecule has 0 spiro atoms. The summed E-state index contributed by atoms with van der Waals surface area (Å²) in [4.78, 5) is 4.41. The van der Waals surface area contributed by atoms with Crippen LogP contribution in [0.5, 0.6) is 0 Å². The maximum atomic E-state index is 14.2. The van der Waals surface area contributed by atoms with Crippen molar-refractivity contribution in [3.8, 4) is 0 Å². The summed E-state index contributed by atoms with van der Waals surface area (Å²) in [6.07, 6.45) is 0. The quantitative estimate of drug-likeness (QED) is 0.822. The van der Waals surface area contributed by atoms with Crippen LogP contribution >= 0.6 is 12.2 Å². The molecule has 0 unspecified atom stereocenters. The van der Waals surface area contributed by atoms with Crippen LogP contribution in [0.1, 0.15) is 19.4 Å². The van der Waals surface area contributed by atoms with Gasteiger partial charge in [-0.1, -0.05) is 12.2 Å². The maximum absolute atomic E-state index is 14.2. The van der Waals surface area contributed by atoms with Crippen LogP contribution in [0.15, 0.2) is 18.2 Å². The van der Waals surface area contributed by atoms with Crippen LogP contribution in [0.3, 0.4) is 0 Å². The Balaban J connectivity index is 2.01. The van der Waals surface area contributed by atoms with Crippen molar-refractivity contribution < 1.29 is 9.50 Å². The predicted octanol–water partition coefficient (Wildman–Crippen LogP) is 1.35. The van der Waals surface area contributed by atoms with Crippen molar-refractivity contribution >= 4 is 22.9 Å². The van der Waals surface area contributed by atoms with Gasteiger partial charge in [-0.25, -0.2) is 4.39 Å². The smallest absolute Gasteiger partial charge is 0.147 e. The maximum Gasteiger partial charge on any atom is 0.147 e. The van der Waals surface area contributed by atoms with E-state index in [1.807, 2.05) is 4.90 Å². The molecule has 0 saturated carbocycles. The number of thiocarbonyl (C=S) groups is 1. The minimum Gasteiger partial charge on any atom is -0.389 e. The van der Waals surface area contributed by atoms with E-state index in [1.54, 1.807) is 26.0 Å². The highest BCUT2D eigenvalue weighted by atomic mass is 32.1. The van der Waals surface area contributed by atoms with Crippen LogP contribution in [-0.2, 0) is 0 Å². The van der Waals surface area contributed by atoms with Gasteiger partial charge >= 0.3 is 0 Å². The van der Waals surface area contributed by atoms with Crippen molar-refractivity contribution in [3.63, 3.8) is 0 Å². The Morgan fingerprint density at radius 1 is 1.33 bits per heavy atom. The Morgan fingerprint density at radius 3 is 2.43 bits per heavy atom. The van der Waals surface area contributed by atoms with Gasteiger partial charge in [-0.15, -0.1) is 0 Å². The molecule has 1 aromatic carbocycles. The van der Waals surface area contributed by atoms with Crippen LogP contribution in [0.2, 0.25) is 0 Å². The molecule has 1 fully saturated rings. The summed E-state index contributed by atoms with van der Waals surface area (Å²) in [5.41, 5.74) is 5.94. The largest absolute Gasteiger partial charge is 0.389 e. The number of hydrogen-bond donors (Lipinski definition) is 2. The second kappa shape index (κ2) is 6.25. The fourth-order valence-electron chi connectivity index (χ4n) is 2.61. The summed E-state index contributed by atoms with van der Waals surface area (Å²) in [5, 5.41) is 9.84. The number of piperazine rings is 1. The molecule has 0 aliphatic carbocycles. The molecule has 0 atom stereocenters. The van der Waals surface area contributed by atoms with Gasteiger partial charge in [0.15, 0.2) is 0 Å². The minimum absolute atomic E-state index is 0.204. The zero-order valence-electron chi connectivity index (χ0n) is 12.5. The molecular formula is C15H22FN3OS. The number of rotatable bonds is 4. The number of nitrogens with zero attached hydrogens (tertiary/aromatic N) is 2. The molecule has 2 rings (SSSR count). The van der Waals surface area contributed by atoms with Crippen LogP contribution in [0, 0.1) is 5.82 Å². The zero-order valence-corrected chi connectivity index (χ0v) is 13.3. The van der Waals surface area contributed by atoms with E-state index in [2.05, 4.69) is 4.90 Å². The highest BCUT2D eigenvalue weighted by molar-refractivity contribution is 7.80. The second-order valence-corrected chi connectivity index (χ2v) is 6.55. The predicted molar refractivity (Wildman–Crippen MR) is 87.2 cm³/mol. The van der Waals surface area contributed by atoms with Crippen molar-refractivity contribution in [3.05, 3.63) is 29.6 Å². The molecule has 4 nitrogen and oxygen atoms in total. The fourth-order valence-corrected chi connectivity index (χ4v) is 2.74. The van der Waals surface area contributed by atoms with Crippen molar-refractivity contribution in [1.29, 1.82) is 0 Å². The Morgan fingerprint density at radius 2 is 1.95 bits per heavy atom. The Labute approximate surface area is 130 Å².